The molecule has 202 valence electrons. The first kappa shape index (κ1) is 28.7. The smallest absolute Gasteiger partial charge is 0.345 e. The number of carbonyl (C=O) groups excluding carboxylic acids is 2. The summed E-state index contributed by atoms with van der Waals surface area (Å²) >= 11 is 12.3. The zero-order valence-corrected chi connectivity index (χ0v) is 23.2. The zero-order chi connectivity index (χ0) is 28.5. The molecule has 0 fully saturated rings. The number of benzene rings is 4. The summed E-state index contributed by atoms with van der Waals surface area (Å²) in [5.41, 5.74) is 2.64. The number of carbonyl (C=O) groups is 2. The third kappa shape index (κ3) is 7.41. The van der Waals surface area contributed by atoms with Crippen LogP contribution in [-0.2, 0) is 0 Å². The van der Waals surface area contributed by atoms with Crippen LogP contribution in [0.25, 0.3) is 11.1 Å². The van der Waals surface area contributed by atoms with Crippen molar-refractivity contribution < 1.29 is 23.8 Å². The molecule has 0 atom stereocenters. The van der Waals surface area contributed by atoms with E-state index in [1.54, 1.807) is 12.1 Å². The lowest BCUT2D eigenvalue weighted by Crippen LogP contribution is -2.11. The van der Waals surface area contributed by atoms with Gasteiger partial charge < -0.3 is 14.2 Å². The average molecular weight is 574 g/mol. The number of rotatable bonds is 10. The Morgan fingerprint density at radius 3 is 1.90 bits per heavy atom. The van der Waals surface area contributed by atoms with Crippen molar-refractivity contribution in [3.05, 3.63) is 112 Å². The van der Waals surface area contributed by atoms with Gasteiger partial charge in [0.2, 0.25) is 0 Å². The first-order chi connectivity index (χ1) is 19.4. The molecular formula is C32H25Cl2NO5. The number of esters is 2. The maximum atomic E-state index is 12.7. The van der Waals surface area contributed by atoms with Crippen LogP contribution in [0.4, 0.5) is 0 Å². The summed E-state index contributed by atoms with van der Waals surface area (Å²) in [7, 11) is 0. The summed E-state index contributed by atoms with van der Waals surface area (Å²) in [4.78, 5) is 25.3. The van der Waals surface area contributed by atoms with Crippen molar-refractivity contribution in [2.75, 3.05) is 6.61 Å². The Kier molecular flexibility index (Phi) is 9.80. The first-order valence-electron chi connectivity index (χ1n) is 12.6. The highest BCUT2D eigenvalue weighted by Crippen LogP contribution is 2.28. The van der Waals surface area contributed by atoms with Gasteiger partial charge in [0, 0.05) is 12.1 Å². The first-order valence-corrected chi connectivity index (χ1v) is 13.4. The number of hydrogen-bond donors (Lipinski definition) is 0. The Balaban J connectivity index is 1.36. The standard InChI is InChI=1S/C32H25Cl2NO5/c1-2-3-4-17-38-25-12-9-22(10-13-25)21-5-7-23(8-6-21)31(36)39-27-15-16-28(30(34)19-27)32(37)40-26-14-11-24(20-35)29(33)18-26/h5-16,18-19H,2-4,17H2,1H3. The molecule has 4 rings (SSSR count). The second-order valence-electron chi connectivity index (χ2n) is 8.83. The van der Waals surface area contributed by atoms with E-state index >= 15 is 0 Å². The van der Waals surface area contributed by atoms with E-state index in [1.165, 1.54) is 36.4 Å². The van der Waals surface area contributed by atoms with Gasteiger partial charge in [-0.2, -0.15) is 5.26 Å². The number of unbranched alkanes of at least 4 members (excludes halogenated alkanes) is 2. The van der Waals surface area contributed by atoms with Gasteiger partial charge in [0.25, 0.3) is 0 Å². The van der Waals surface area contributed by atoms with E-state index in [4.69, 9.17) is 42.7 Å². The topological polar surface area (TPSA) is 85.6 Å². The minimum atomic E-state index is -0.727. The van der Waals surface area contributed by atoms with Crippen LogP contribution >= 0.6 is 23.2 Å². The molecule has 0 saturated heterocycles. The Morgan fingerprint density at radius 1 is 0.725 bits per heavy atom. The van der Waals surface area contributed by atoms with Crippen molar-refractivity contribution in [3.8, 4) is 34.4 Å². The normalized spacial score (nSPS) is 10.4. The molecule has 6 nitrogen and oxygen atoms in total. The molecule has 0 heterocycles. The summed E-state index contributed by atoms with van der Waals surface area (Å²) in [6.45, 7) is 2.86. The molecule has 0 aromatic heterocycles. The van der Waals surface area contributed by atoms with Crippen LogP contribution in [0, 0.1) is 11.3 Å². The largest absolute Gasteiger partial charge is 0.494 e. The average Bonchev–Trinajstić information content (AvgIpc) is 2.96. The number of halogens is 2. The molecule has 0 unspecified atom stereocenters. The molecule has 0 radical (unpaired) electrons. The summed E-state index contributed by atoms with van der Waals surface area (Å²) in [5, 5.41) is 9.18. The number of nitrogens with zero attached hydrogens (tertiary/aromatic N) is 1. The Bertz CT molecular complexity index is 1540. The molecule has 4 aromatic carbocycles. The minimum Gasteiger partial charge on any atom is -0.494 e. The quantitative estimate of drug-likeness (QED) is 0.107. The van der Waals surface area contributed by atoms with Gasteiger partial charge in [0.05, 0.1) is 33.3 Å². The van der Waals surface area contributed by atoms with Crippen LogP contribution in [0.3, 0.4) is 0 Å². The molecule has 0 spiro atoms. The molecule has 0 amide bonds. The predicted molar refractivity (Wildman–Crippen MR) is 154 cm³/mol. The van der Waals surface area contributed by atoms with E-state index in [2.05, 4.69) is 6.92 Å². The lowest BCUT2D eigenvalue weighted by molar-refractivity contribution is 0.0730. The maximum absolute atomic E-state index is 12.7. The van der Waals surface area contributed by atoms with Gasteiger partial charge in [-0.1, -0.05) is 67.2 Å². The van der Waals surface area contributed by atoms with E-state index in [1.807, 2.05) is 42.5 Å². The van der Waals surface area contributed by atoms with E-state index in [-0.39, 0.29) is 32.7 Å². The number of ether oxygens (including phenoxy) is 3. The van der Waals surface area contributed by atoms with Gasteiger partial charge in [-0.3, -0.25) is 0 Å². The van der Waals surface area contributed by atoms with E-state index < -0.39 is 11.9 Å². The third-order valence-corrected chi connectivity index (χ3v) is 6.59. The van der Waals surface area contributed by atoms with Gasteiger partial charge in [-0.05, 0) is 66.1 Å². The second-order valence-corrected chi connectivity index (χ2v) is 9.65. The van der Waals surface area contributed by atoms with E-state index in [0.29, 0.717) is 12.2 Å². The summed E-state index contributed by atoms with van der Waals surface area (Å²) < 4.78 is 16.5. The van der Waals surface area contributed by atoms with Gasteiger partial charge in [0.1, 0.15) is 23.3 Å². The lowest BCUT2D eigenvalue weighted by Gasteiger charge is -2.10. The fourth-order valence-corrected chi connectivity index (χ4v) is 4.25. The van der Waals surface area contributed by atoms with E-state index in [0.717, 1.165) is 36.1 Å². The zero-order valence-electron chi connectivity index (χ0n) is 21.7. The molecule has 40 heavy (non-hydrogen) atoms. The van der Waals surface area contributed by atoms with Crippen molar-refractivity contribution >= 4 is 35.1 Å². The SMILES string of the molecule is CCCCCOc1ccc(-c2ccc(C(=O)Oc3ccc(C(=O)Oc4ccc(C#N)c(Cl)c4)c(Cl)c3)cc2)cc1. The van der Waals surface area contributed by atoms with Crippen molar-refractivity contribution in [2.45, 2.75) is 26.2 Å². The molecule has 0 aliphatic rings. The van der Waals surface area contributed by atoms with Crippen LogP contribution in [0.15, 0.2) is 84.9 Å². The fraction of sp³-hybridized carbons (Fsp3) is 0.156. The van der Waals surface area contributed by atoms with Crippen molar-refractivity contribution in [1.29, 1.82) is 5.26 Å². The summed E-state index contributed by atoms with van der Waals surface area (Å²) in [6, 6.07) is 25.3. The highest BCUT2D eigenvalue weighted by molar-refractivity contribution is 6.34. The van der Waals surface area contributed by atoms with Gasteiger partial charge in [0.15, 0.2) is 0 Å². The van der Waals surface area contributed by atoms with Gasteiger partial charge >= 0.3 is 11.9 Å². The molecule has 0 N–H and O–H groups in total. The molecule has 0 aliphatic carbocycles. The van der Waals surface area contributed by atoms with Crippen LogP contribution in [0.2, 0.25) is 10.0 Å². The third-order valence-electron chi connectivity index (χ3n) is 5.97. The van der Waals surface area contributed by atoms with Crippen LogP contribution in [0.1, 0.15) is 52.5 Å². The van der Waals surface area contributed by atoms with Crippen LogP contribution in [-0.4, -0.2) is 18.5 Å². The van der Waals surface area contributed by atoms with Crippen LogP contribution in [0.5, 0.6) is 17.2 Å². The van der Waals surface area contributed by atoms with Crippen molar-refractivity contribution in [2.24, 2.45) is 0 Å². The highest BCUT2D eigenvalue weighted by atomic mass is 35.5. The molecular weight excluding hydrogens is 549 g/mol. The Morgan fingerprint density at radius 2 is 1.30 bits per heavy atom. The fourth-order valence-electron chi connectivity index (χ4n) is 3.79. The van der Waals surface area contributed by atoms with Gasteiger partial charge in [-0.25, -0.2) is 9.59 Å². The number of nitriles is 1. The second kappa shape index (κ2) is 13.7. The van der Waals surface area contributed by atoms with Crippen LogP contribution < -0.4 is 14.2 Å². The van der Waals surface area contributed by atoms with Crippen molar-refractivity contribution in [1.82, 2.24) is 0 Å². The molecule has 4 aromatic rings. The Labute approximate surface area is 242 Å². The molecule has 8 heteroatoms. The minimum absolute atomic E-state index is 0.0446. The monoisotopic (exact) mass is 573 g/mol. The molecule has 0 aliphatic heterocycles. The Hall–Kier alpha value is -4.31. The van der Waals surface area contributed by atoms with Gasteiger partial charge in [-0.15, -0.1) is 0 Å². The highest BCUT2D eigenvalue weighted by Gasteiger charge is 2.16. The summed E-state index contributed by atoms with van der Waals surface area (Å²) in [6.07, 6.45) is 3.34. The van der Waals surface area contributed by atoms with Crippen molar-refractivity contribution in [3.63, 3.8) is 0 Å². The molecule has 0 bridgehead atoms. The maximum Gasteiger partial charge on any atom is 0.345 e. The predicted octanol–water partition coefficient (Wildman–Crippen LogP) is 8.54. The summed E-state index contributed by atoms with van der Waals surface area (Å²) in [5.74, 6) is -0.129. The van der Waals surface area contributed by atoms with E-state index in [9.17, 15) is 9.59 Å². The lowest BCUT2D eigenvalue weighted by atomic mass is 10.0. The molecule has 0 saturated carbocycles. The number of hydrogen-bond acceptors (Lipinski definition) is 6.